The highest BCUT2D eigenvalue weighted by Gasteiger charge is 2.40. The van der Waals surface area contributed by atoms with Crippen molar-refractivity contribution >= 4 is 18.4 Å². The van der Waals surface area contributed by atoms with Gasteiger partial charge < -0.3 is 9.68 Å². The molecule has 106 valence electrons. The van der Waals surface area contributed by atoms with Crippen LogP contribution >= 0.6 is 0 Å². The van der Waals surface area contributed by atoms with Crippen molar-refractivity contribution in [3.05, 3.63) is 29.3 Å². The summed E-state index contributed by atoms with van der Waals surface area (Å²) in [5.41, 5.74) is 2.36. The van der Waals surface area contributed by atoms with Gasteiger partial charge in [-0.15, -0.1) is 0 Å². The van der Waals surface area contributed by atoms with Crippen LogP contribution in [0.5, 0.6) is 0 Å². The smallest absolute Gasteiger partial charge is 0.423 e. The van der Waals surface area contributed by atoms with Gasteiger partial charge in [0.2, 0.25) is 0 Å². The van der Waals surface area contributed by atoms with E-state index in [2.05, 4.69) is 0 Å². The quantitative estimate of drug-likeness (QED) is 0.855. The van der Waals surface area contributed by atoms with E-state index in [1.54, 1.807) is 0 Å². The van der Waals surface area contributed by atoms with E-state index in [9.17, 15) is 9.82 Å². The largest absolute Gasteiger partial charge is 0.492 e. The number of hydrogen-bond donors (Lipinski definition) is 1. The molecule has 0 atom stereocenters. The Morgan fingerprint density at radius 2 is 2.10 bits per heavy atom. The van der Waals surface area contributed by atoms with Gasteiger partial charge in [0.25, 0.3) is 0 Å². The average molecular weight is 272 g/mol. The predicted molar refractivity (Wildman–Crippen MR) is 78.8 cm³/mol. The zero-order valence-corrected chi connectivity index (χ0v) is 12.2. The number of fused-ring (bicyclic) bond motifs is 1. The molecule has 1 aromatic carbocycles. The maximum absolute atomic E-state index is 12.2. The lowest BCUT2D eigenvalue weighted by Gasteiger charge is -2.19. The molecule has 1 N–H and O–H groups in total. The third kappa shape index (κ3) is 2.43. The van der Waals surface area contributed by atoms with Gasteiger partial charge in [-0.1, -0.05) is 31.0 Å². The van der Waals surface area contributed by atoms with Gasteiger partial charge in [0, 0.05) is 12.3 Å². The minimum Gasteiger partial charge on any atom is -0.423 e. The molecule has 1 aliphatic carbocycles. The molecular formula is C16H21BO3. The van der Waals surface area contributed by atoms with E-state index in [4.69, 9.17) is 4.65 Å². The molecule has 1 aliphatic heterocycles. The first kappa shape index (κ1) is 13.8. The van der Waals surface area contributed by atoms with Crippen molar-refractivity contribution < 1.29 is 14.5 Å². The summed E-state index contributed by atoms with van der Waals surface area (Å²) in [5, 5.41) is 9.98. The van der Waals surface area contributed by atoms with Crippen molar-refractivity contribution in [1.29, 1.82) is 0 Å². The summed E-state index contributed by atoms with van der Waals surface area (Å²) in [4.78, 5) is 12.2. The van der Waals surface area contributed by atoms with Crippen LogP contribution in [0.3, 0.4) is 0 Å². The molecule has 1 fully saturated rings. The second-order valence-electron chi connectivity index (χ2n) is 6.53. The van der Waals surface area contributed by atoms with Crippen LogP contribution in [0, 0.1) is 5.92 Å². The van der Waals surface area contributed by atoms with Crippen molar-refractivity contribution in [2.24, 2.45) is 5.92 Å². The molecule has 0 amide bonds. The number of benzene rings is 1. The molecule has 3 nitrogen and oxygen atoms in total. The van der Waals surface area contributed by atoms with Crippen LogP contribution in [0.25, 0.3) is 0 Å². The van der Waals surface area contributed by atoms with Crippen LogP contribution in [-0.2, 0) is 21.5 Å². The van der Waals surface area contributed by atoms with E-state index in [-0.39, 0.29) is 5.92 Å². The van der Waals surface area contributed by atoms with E-state index in [0.717, 1.165) is 29.4 Å². The van der Waals surface area contributed by atoms with Crippen LogP contribution in [0.2, 0.25) is 0 Å². The topological polar surface area (TPSA) is 46.5 Å². The Kier molecular flexibility index (Phi) is 3.47. The first-order valence-corrected chi connectivity index (χ1v) is 7.49. The van der Waals surface area contributed by atoms with Gasteiger partial charge in [-0.25, -0.2) is 0 Å². The number of rotatable bonds is 3. The van der Waals surface area contributed by atoms with E-state index < -0.39 is 12.7 Å². The monoisotopic (exact) mass is 272 g/mol. The van der Waals surface area contributed by atoms with Gasteiger partial charge in [0.05, 0.1) is 5.60 Å². The maximum atomic E-state index is 12.2. The van der Waals surface area contributed by atoms with Crippen LogP contribution in [0.15, 0.2) is 18.2 Å². The molecule has 0 bridgehead atoms. The molecule has 20 heavy (non-hydrogen) atoms. The van der Waals surface area contributed by atoms with Gasteiger partial charge in [-0.05, 0) is 43.3 Å². The molecule has 1 aromatic rings. The second kappa shape index (κ2) is 5.01. The lowest BCUT2D eigenvalue weighted by Crippen LogP contribution is -2.29. The SMILES string of the molecule is CC1(C)OB(O)c2cc(CC(=O)C3CCCC3)ccc21. The number of hydrogen-bond acceptors (Lipinski definition) is 3. The van der Waals surface area contributed by atoms with E-state index in [1.165, 1.54) is 12.8 Å². The Hall–Kier alpha value is -1.13. The number of ketones is 1. The van der Waals surface area contributed by atoms with Crippen LogP contribution in [0.1, 0.15) is 50.7 Å². The summed E-state index contributed by atoms with van der Waals surface area (Å²) in [6.07, 6.45) is 4.93. The fourth-order valence-electron chi connectivity index (χ4n) is 3.47. The Bertz CT molecular complexity index is 533. The Labute approximate surface area is 120 Å². The van der Waals surface area contributed by atoms with Gasteiger partial charge in [-0.3, -0.25) is 4.79 Å². The van der Waals surface area contributed by atoms with Crippen molar-refractivity contribution in [1.82, 2.24) is 0 Å². The van der Waals surface area contributed by atoms with E-state index in [1.807, 2.05) is 32.0 Å². The number of carbonyl (C=O) groups excluding carboxylic acids is 1. The standard InChI is InChI=1S/C16H21BO3/c1-16(2)13-8-7-11(9-14(13)17(19)20-16)10-15(18)12-5-3-4-6-12/h7-9,12,19H,3-6,10H2,1-2H3. The maximum Gasteiger partial charge on any atom is 0.492 e. The molecule has 0 aromatic heterocycles. The van der Waals surface area contributed by atoms with Crippen molar-refractivity contribution in [2.45, 2.75) is 51.6 Å². The fraction of sp³-hybridized carbons (Fsp3) is 0.562. The molecule has 2 aliphatic rings. The molecule has 0 saturated heterocycles. The summed E-state index contributed by atoms with van der Waals surface area (Å²) < 4.78 is 5.55. The van der Waals surface area contributed by atoms with Crippen LogP contribution < -0.4 is 5.46 Å². The van der Waals surface area contributed by atoms with Crippen molar-refractivity contribution in [3.8, 4) is 0 Å². The molecule has 0 unspecified atom stereocenters. The summed E-state index contributed by atoms with van der Waals surface area (Å²) in [6.45, 7) is 3.90. The summed E-state index contributed by atoms with van der Waals surface area (Å²) in [5.74, 6) is 0.594. The molecule has 1 heterocycles. The van der Waals surface area contributed by atoms with Crippen LogP contribution in [-0.4, -0.2) is 17.9 Å². The lowest BCUT2D eigenvalue weighted by molar-refractivity contribution is -0.122. The minimum absolute atomic E-state index is 0.251. The van der Waals surface area contributed by atoms with Gasteiger partial charge in [0.1, 0.15) is 5.78 Å². The van der Waals surface area contributed by atoms with Crippen molar-refractivity contribution in [2.75, 3.05) is 0 Å². The third-order valence-electron chi connectivity index (χ3n) is 4.63. The zero-order chi connectivity index (χ0) is 14.3. The van der Waals surface area contributed by atoms with E-state index >= 15 is 0 Å². The Morgan fingerprint density at radius 1 is 1.40 bits per heavy atom. The summed E-state index contributed by atoms with van der Waals surface area (Å²) >= 11 is 0. The van der Waals surface area contributed by atoms with Gasteiger partial charge in [-0.2, -0.15) is 0 Å². The second-order valence-corrected chi connectivity index (χ2v) is 6.53. The van der Waals surface area contributed by atoms with Gasteiger partial charge >= 0.3 is 7.12 Å². The average Bonchev–Trinajstić information content (AvgIpc) is 2.97. The predicted octanol–water partition coefficient (Wildman–Crippen LogP) is 1.94. The number of carbonyl (C=O) groups is 1. The Balaban J connectivity index is 1.79. The first-order chi connectivity index (χ1) is 9.47. The number of Topliss-reactive ketones (excluding diaryl/α,β-unsaturated/α-hetero) is 1. The molecule has 4 heteroatoms. The normalized spacial score (nSPS) is 21.2. The fourth-order valence-corrected chi connectivity index (χ4v) is 3.47. The first-order valence-electron chi connectivity index (χ1n) is 7.49. The molecule has 0 spiro atoms. The highest BCUT2D eigenvalue weighted by Crippen LogP contribution is 2.31. The summed E-state index contributed by atoms with van der Waals surface area (Å²) in [6, 6.07) is 5.92. The van der Waals surface area contributed by atoms with E-state index in [0.29, 0.717) is 12.2 Å². The molecular weight excluding hydrogens is 251 g/mol. The van der Waals surface area contributed by atoms with Crippen molar-refractivity contribution in [3.63, 3.8) is 0 Å². The zero-order valence-electron chi connectivity index (χ0n) is 12.2. The van der Waals surface area contributed by atoms with Crippen LogP contribution in [0.4, 0.5) is 0 Å². The highest BCUT2D eigenvalue weighted by molar-refractivity contribution is 6.62. The molecule has 0 radical (unpaired) electrons. The van der Waals surface area contributed by atoms with Gasteiger partial charge in [0.15, 0.2) is 0 Å². The summed E-state index contributed by atoms with van der Waals surface area (Å²) in [7, 11) is -0.874. The lowest BCUT2D eigenvalue weighted by atomic mass is 9.77. The Morgan fingerprint density at radius 3 is 2.80 bits per heavy atom. The molecule has 3 rings (SSSR count). The molecule has 1 saturated carbocycles. The third-order valence-corrected chi connectivity index (χ3v) is 4.63. The highest BCUT2D eigenvalue weighted by atomic mass is 16.5. The minimum atomic E-state index is -0.874.